The molecule has 0 saturated heterocycles. The van der Waals surface area contributed by atoms with Gasteiger partial charge in [0, 0.05) is 17.1 Å². The fraction of sp³-hybridized carbons (Fsp3) is 0.136. The second-order valence-electron chi connectivity index (χ2n) is 7.02. The maximum Gasteiger partial charge on any atom is 0.458 e. The molecule has 2 heterocycles. The van der Waals surface area contributed by atoms with E-state index in [2.05, 4.69) is 20.3 Å². The number of pyridine rings is 1. The summed E-state index contributed by atoms with van der Waals surface area (Å²) in [6.45, 7) is 0. The third-order valence-electron chi connectivity index (χ3n) is 4.87. The normalized spacial score (nSPS) is 12.1. The first kappa shape index (κ1) is 22.2. The largest absolute Gasteiger partial charge is 0.496 e. The number of anilines is 3. The average molecular weight is 461 g/mol. The fourth-order valence-electron chi connectivity index (χ4n) is 3.25. The molecule has 0 aliphatic heterocycles. The predicted molar refractivity (Wildman–Crippen MR) is 113 cm³/mol. The number of fused-ring (bicyclic) bond motifs is 1. The molecule has 4 aromatic rings. The number of hydrogen-bond acceptors (Lipinski definition) is 6. The molecule has 0 amide bonds. The van der Waals surface area contributed by atoms with Gasteiger partial charge < -0.3 is 15.8 Å². The van der Waals surface area contributed by atoms with Gasteiger partial charge in [0.1, 0.15) is 11.6 Å². The van der Waals surface area contributed by atoms with Crippen LogP contribution in [0.25, 0.3) is 22.0 Å². The van der Waals surface area contributed by atoms with Crippen LogP contribution in [0.4, 0.5) is 39.4 Å². The Hall–Kier alpha value is -4.02. The van der Waals surface area contributed by atoms with Gasteiger partial charge in [-0.2, -0.15) is 26.9 Å². The van der Waals surface area contributed by atoms with E-state index >= 15 is 0 Å². The van der Waals surface area contributed by atoms with Gasteiger partial charge in [0.25, 0.3) is 0 Å². The van der Waals surface area contributed by atoms with Crippen molar-refractivity contribution in [1.82, 2.24) is 15.0 Å². The molecular weight excluding hydrogens is 445 g/mol. The highest BCUT2D eigenvalue weighted by atomic mass is 19.4. The third kappa shape index (κ3) is 4.21. The average Bonchev–Trinajstić information content (AvgIpc) is 2.78. The fourth-order valence-corrected chi connectivity index (χ4v) is 3.25. The number of hydrogen-bond donors (Lipinski definition) is 2. The van der Waals surface area contributed by atoms with Gasteiger partial charge in [-0.1, -0.05) is 24.3 Å². The van der Waals surface area contributed by atoms with Crippen molar-refractivity contribution in [2.45, 2.75) is 12.1 Å². The molecule has 170 valence electrons. The molecule has 2 aromatic heterocycles. The van der Waals surface area contributed by atoms with Gasteiger partial charge in [0.05, 0.1) is 30.1 Å². The molecule has 11 heteroatoms. The minimum atomic E-state index is -5.78. The van der Waals surface area contributed by atoms with Crippen LogP contribution in [-0.4, -0.2) is 28.2 Å². The first-order valence-corrected chi connectivity index (χ1v) is 9.48. The van der Waals surface area contributed by atoms with Crippen LogP contribution in [0, 0.1) is 0 Å². The van der Waals surface area contributed by atoms with Crippen LogP contribution in [-0.2, 0) is 5.92 Å². The molecule has 0 unspecified atom stereocenters. The van der Waals surface area contributed by atoms with E-state index in [9.17, 15) is 22.0 Å². The van der Waals surface area contributed by atoms with E-state index in [0.29, 0.717) is 17.3 Å². The number of alkyl halides is 5. The van der Waals surface area contributed by atoms with Crippen LogP contribution < -0.4 is 15.8 Å². The van der Waals surface area contributed by atoms with Crippen molar-refractivity contribution in [2.75, 3.05) is 18.2 Å². The number of nitrogen functional groups attached to an aromatic ring is 1. The van der Waals surface area contributed by atoms with Crippen molar-refractivity contribution in [3.05, 3.63) is 66.5 Å². The van der Waals surface area contributed by atoms with E-state index in [1.807, 2.05) is 30.3 Å². The highest BCUT2D eigenvalue weighted by Crippen LogP contribution is 2.48. The number of para-hydroxylation sites is 1. The number of halogens is 5. The Morgan fingerprint density at radius 2 is 1.70 bits per heavy atom. The summed E-state index contributed by atoms with van der Waals surface area (Å²) in [5.74, 6) is -5.59. The number of ether oxygens (including phenoxy) is 1. The van der Waals surface area contributed by atoms with Gasteiger partial charge in [-0.05, 0) is 29.8 Å². The van der Waals surface area contributed by atoms with Crippen molar-refractivity contribution in [1.29, 1.82) is 0 Å². The Morgan fingerprint density at radius 1 is 0.939 bits per heavy atom. The Balaban J connectivity index is 1.77. The first-order valence-electron chi connectivity index (χ1n) is 9.48. The maximum atomic E-state index is 13.9. The number of nitrogens with one attached hydrogen (secondary N) is 1. The van der Waals surface area contributed by atoms with E-state index in [0.717, 1.165) is 30.1 Å². The Morgan fingerprint density at radius 3 is 2.42 bits per heavy atom. The van der Waals surface area contributed by atoms with Crippen molar-refractivity contribution in [3.8, 4) is 16.9 Å². The minimum absolute atomic E-state index is 0.0674. The van der Waals surface area contributed by atoms with Gasteiger partial charge in [0.15, 0.2) is 0 Å². The Bertz CT molecular complexity index is 1330. The number of aromatic nitrogens is 3. The summed E-state index contributed by atoms with van der Waals surface area (Å²) in [6, 6.07) is 12.1. The van der Waals surface area contributed by atoms with Gasteiger partial charge in [-0.25, -0.2) is 4.98 Å². The summed E-state index contributed by atoms with van der Waals surface area (Å²) >= 11 is 0. The molecule has 6 nitrogen and oxygen atoms in total. The van der Waals surface area contributed by atoms with Crippen LogP contribution in [0.15, 0.2) is 60.9 Å². The number of nitrogens with zero attached hydrogens (tertiary/aromatic N) is 3. The summed E-state index contributed by atoms with van der Waals surface area (Å²) in [5, 5.41) is 3.90. The smallest absolute Gasteiger partial charge is 0.458 e. The molecule has 0 fully saturated rings. The maximum absolute atomic E-state index is 13.9. The quantitative estimate of drug-likeness (QED) is 0.372. The lowest BCUT2D eigenvalue weighted by Crippen LogP contribution is -2.34. The van der Waals surface area contributed by atoms with E-state index in [1.54, 1.807) is 6.20 Å². The van der Waals surface area contributed by atoms with Crippen LogP contribution in [0.2, 0.25) is 0 Å². The Labute approximate surface area is 184 Å². The standard InChI is InChI=1S/C22H16F5N5O/c1-33-18-9-12(6-7-16(18)21(23,24)22(25,26)27)15-11-30-20(28)32-19(15)31-14-8-13-4-2-3-5-17(13)29-10-14/h2-11H,1H3,(H3,28,30,31,32). The number of nitrogens with two attached hydrogens (primary N) is 1. The number of rotatable bonds is 5. The van der Waals surface area contributed by atoms with Gasteiger partial charge in [-0.15, -0.1) is 0 Å². The molecule has 0 aliphatic rings. The van der Waals surface area contributed by atoms with Crippen molar-refractivity contribution in [2.24, 2.45) is 0 Å². The third-order valence-corrected chi connectivity index (χ3v) is 4.87. The number of methoxy groups -OCH3 is 1. The van der Waals surface area contributed by atoms with Crippen LogP contribution in [0.5, 0.6) is 5.75 Å². The van der Waals surface area contributed by atoms with Gasteiger partial charge >= 0.3 is 12.1 Å². The monoisotopic (exact) mass is 461 g/mol. The lowest BCUT2D eigenvalue weighted by Gasteiger charge is -2.22. The van der Waals surface area contributed by atoms with E-state index in [-0.39, 0.29) is 17.3 Å². The summed E-state index contributed by atoms with van der Waals surface area (Å²) in [6.07, 6.45) is -2.88. The SMILES string of the molecule is COc1cc(-c2cnc(N)nc2Nc2cnc3ccccc3c2)ccc1C(F)(F)C(F)(F)F. The molecule has 0 bridgehead atoms. The van der Waals surface area contributed by atoms with Crippen LogP contribution in [0.3, 0.4) is 0 Å². The molecule has 4 rings (SSSR count). The van der Waals surface area contributed by atoms with E-state index < -0.39 is 23.4 Å². The highest BCUT2D eigenvalue weighted by Gasteiger charge is 2.60. The molecule has 0 radical (unpaired) electrons. The lowest BCUT2D eigenvalue weighted by molar-refractivity contribution is -0.289. The second kappa shape index (κ2) is 8.15. The summed E-state index contributed by atoms with van der Waals surface area (Å²) < 4.78 is 71.3. The zero-order valence-electron chi connectivity index (χ0n) is 17.0. The van der Waals surface area contributed by atoms with Crippen molar-refractivity contribution < 1.29 is 26.7 Å². The predicted octanol–water partition coefficient (Wildman–Crippen LogP) is 5.68. The topological polar surface area (TPSA) is 86.0 Å². The van der Waals surface area contributed by atoms with Gasteiger partial charge in [-0.3, -0.25) is 4.98 Å². The molecule has 0 saturated carbocycles. The van der Waals surface area contributed by atoms with E-state index in [4.69, 9.17) is 10.5 Å². The zero-order chi connectivity index (χ0) is 23.8. The summed E-state index contributed by atoms with van der Waals surface area (Å²) in [7, 11) is 1.01. The highest BCUT2D eigenvalue weighted by molar-refractivity contribution is 5.84. The molecular formula is C22H16F5N5O. The van der Waals surface area contributed by atoms with Crippen LogP contribution in [0.1, 0.15) is 5.56 Å². The first-order chi connectivity index (χ1) is 15.6. The second-order valence-corrected chi connectivity index (χ2v) is 7.02. The zero-order valence-corrected chi connectivity index (χ0v) is 17.0. The minimum Gasteiger partial charge on any atom is -0.496 e. The molecule has 3 N–H and O–H groups in total. The molecule has 0 spiro atoms. The summed E-state index contributed by atoms with van der Waals surface area (Å²) in [4.78, 5) is 12.4. The molecule has 33 heavy (non-hydrogen) atoms. The van der Waals surface area contributed by atoms with Gasteiger partial charge in [0.2, 0.25) is 5.95 Å². The lowest BCUT2D eigenvalue weighted by atomic mass is 10.0. The van der Waals surface area contributed by atoms with Crippen molar-refractivity contribution in [3.63, 3.8) is 0 Å². The molecule has 2 aromatic carbocycles. The summed E-state index contributed by atoms with van der Waals surface area (Å²) in [5.41, 5.74) is 6.28. The number of benzene rings is 2. The van der Waals surface area contributed by atoms with Crippen LogP contribution >= 0.6 is 0 Å². The molecule has 0 aliphatic carbocycles. The molecule has 0 atom stereocenters. The van der Waals surface area contributed by atoms with Crippen molar-refractivity contribution >= 4 is 28.4 Å². The Kier molecular flexibility index (Phi) is 5.48. The van der Waals surface area contributed by atoms with E-state index in [1.165, 1.54) is 6.20 Å².